The van der Waals surface area contributed by atoms with Gasteiger partial charge in [-0.05, 0) is 36.2 Å². The fraction of sp³-hybridized carbons (Fsp3) is 0.353. The Bertz CT molecular complexity index is 846. The predicted molar refractivity (Wildman–Crippen MR) is 103 cm³/mol. The van der Waals surface area contributed by atoms with Gasteiger partial charge in [0.05, 0.1) is 6.54 Å². The molecular weight excluding hydrogens is 375 g/mol. The third-order valence-corrected chi connectivity index (χ3v) is 7.01. The first-order valence-corrected chi connectivity index (χ1v) is 10.3. The minimum atomic E-state index is -3.40. The summed E-state index contributed by atoms with van der Waals surface area (Å²) in [6.07, 6.45) is 0.741. The van der Waals surface area contributed by atoms with Crippen LogP contribution in [0.15, 0.2) is 45.6 Å². The second kappa shape index (κ2) is 9.11. The highest BCUT2D eigenvalue weighted by Crippen LogP contribution is 2.23. The molecule has 1 heterocycles. The van der Waals surface area contributed by atoms with Gasteiger partial charge in [-0.25, -0.2) is 17.1 Å². The van der Waals surface area contributed by atoms with Gasteiger partial charge in [-0.1, -0.05) is 12.1 Å². The molecule has 1 aromatic carbocycles. The molecule has 6 nitrogen and oxygen atoms in total. The molecule has 0 aliphatic rings. The zero-order chi connectivity index (χ0) is 19.2. The van der Waals surface area contributed by atoms with Crippen molar-refractivity contribution < 1.29 is 12.8 Å². The molecule has 26 heavy (non-hydrogen) atoms. The molecule has 0 aliphatic heterocycles. The molecule has 1 aromatic heterocycles. The van der Waals surface area contributed by atoms with Gasteiger partial charge in [0.15, 0.2) is 5.96 Å². The van der Waals surface area contributed by atoms with Gasteiger partial charge in [0.2, 0.25) is 0 Å². The fourth-order valence-electron chi connectivity index (χ4n) is 2.14. The van der Waals surface area contributed by atoms with Crippen LogP contribution in [0, 0.1) is 5.82 Å². The SMILES string of the molecule is CN=C(NCCc1ccc(F)cc1)NCc1ccc(S(=O)(=O)N(C)C)s1. The number of aliphatic imine (C=N–C) groups is 1. The molecule has 9 heteroatoms. The molecule has 0 saturated heterocycles. The second-order valence-corrected chi connectivity index (χ2v) is 9.28. The summed E-state index contributed by atoms with van der Waals surface area (Å²) in [6.45, 7) is 1.12. The molecule has 0 aliphatic carbocycles. The number of hydrogen-bond acceptors (Lipinski definition) is 4. The fourth-order valence-corrected chi connectivity index (χ4v) is 4.60. The number of nitrogens with one attached hydrogen (secondary N) is 2. The topological polar surface area (TPSA) is 73.8 Å². The highest BCUT2D eigenvalue weighted by molar-refractivity contribution is 7.91. The van der Waals surface area contributed by atoms with Crippen LogP contribution in [0.2, 0.25) is 0 Å². The quantitative estimate of drug-likeness (QED) is 0.553. The van der Waals surface area contributed by atoms with Crippen LogP contribution in [0.25, 0.3) is 0 Å². The summed E-state index contributed by atoms with van der Waals surface area (Å²) < 4.78 is 38.6. The predicted octanol–water partition coefficient (Wildman–Crippen LogP) is 2.05. The first-order chi connectivity index (χ1) is 12.3. The third-order valence-electron chi connectivity index (χ3n) is 3.64. The Morgan fingerprint density at radius 3 is 2.46 bits per heavy atom. The summed E-state index contributed by atoms with van der Waals surface area (Å²) in [5.41, 5.74) is 1.03. The summed E-state index contributed by atoms with van der Waals surface area (Å²) >= 11 is 1.23. The lowest BCUT2D eigenvalue weighted by Crippen LogP contribution is -2.37. The molecule has 2 aromatic rings. The van der Waals surface area contributed by atoms with Crippen LogP contribution in [0.5, 0.6) is 0 Å². The van der Waals surface area contributed by atoms with Crippen LogP contribution in [0.3, 0.4) is 0 Å². The Labute approximate surface area is 157 Å². The van der Waals surface area contributed by atoms with E-state index in [1.807, 2.05) is 0 Å². The van der Waals surface area contributed by atoms with Crippen LogP contribution in [0.1, 0.15) is 10.4 Å². The molecule has 0 spiro atoms. The molecule has 0 fully saturated rings. The molecule has 0 radical (unpaired) electrons. The van der Waals surface area contributed by atoms with E-state index < -0.39 is 10.0 Å². The second-order valence-electron chi connectivity index (χ2n) is 5.74. The van der Waals surface area contributed by atoms with Gasteiger partial charge in [-0.15, -0.1) is 11.3 Å². The summed E-state index contributed by atoms with van der Waals surface area (Å²) in [4.78, 5) is 5.04. The van der Waals surface area contributed by atoms with Crippen LogP contribution in [0.4, 0.5) is 4.39 Å². The number of hydrogen-bond donors (Lipinski definition) is 2. The Balaban J connectivity index is 1.84. The zero-order valence-electron chi connectivity index (χ0n) is 15.0. The van der Waals surface area contributed by atoms with Crippen LogP contribution >= 0.6 is 11.3 Å². The average Bonchev–Trinajstić information content (AvgIpc) is 3.09. The van der Waals surface area contributed by atoms with Crippen molar-refractivity contribution >= 4 is 27.3 Å². The Morgan fingerprint density at radius 2 is 1.85 bits per heavy atom. The van der Waals surface area contributed by atoms with Crippen molar-refractivity contribution in [3.8, 4) is 0 Å². The molecule has 0 unspecified atom stereocenters. The van der Waals surface area contributed by atoms with Crippen molar-refractivity contribution in [1.29, 1.82) is 0 Å². The largest absolute Gasteiger partial charge is 0.356 e. The lowest BCUT2D eigenvalue weighted by molar-refractivity contribution is 0.523. The maximum Gasteiger partial charge on any atom is 0.252 e. The van der Waals surface area contributed by atoms with Crippen molar-refractivity contribution in [2.24, 2.45) is 4.99 Å². The van der Waals surface area contributed by atoms with Gasteiger partial charge < -0.3 is 10.6 Å². The van der Waals surface area contributed by atoms with E-state index in [0.29, 0.717) is 23.3 Å². The van der Waals surface area contributed by atoms with E-state index in [1.54, 1.807) is 31.3 Å². The molecule has 2 N–H and O–H groups in total. The zero-order valence-corrected chi connectivity index (χ0v) is 16.6. The smallest absolute Gasteiger partial charge is 0.252 e. The van der Waals surface area contributed by atoms with Crippen molar-refractivity contribution in [3.05, 3.63) is 52.7 Å². The Hall–Kier alpha value is -1.97. The lowest BCUT2D eigenvalue weighted by Gasteiger charge is -2.11. The van der Waals surface area contributed by atoms with Crippen LogP contribution in [-0.4, -0.2) is 46.4 Å². The number of nitrogens with zero attached hydrogens (tertiary/aromatic N) is 2. The van der Waals surface area contributed by atoms with Crippen LogP contribution < -0.4 is 10.6 Å². The molecule has 0 atom stereocenters. The van der Waals surface area contributed by atoms with Crippen molar-refractivity contribution in [1.82, 2.24) is 14.9 Å². The number of guanidine groups is 1. The molecular formula is C17H23FN4O2S2. The van der Waals surface area contributed by atoms with Gasteiger partial charge >= 0.3 is 0 Å². The van der Waals surface area contributed by atoms with Gasteiger partial charge in [0, 0.05) is 32.6 Å². The summed E-state index contributed by atoms with van der Waals surface area (Å²) in [6, 6.07) is 9.80. The summed E-state index contributed by atoms with van der Waals surface area (Å²) in [5.74, 6) is 0.378. The van der Waals surface area contributed by atoms with Crippen molar-refractivity contribution in [2.45, 2.75) is 17.2 Å². The molecule has 142 valence electrons. The standard InChI is InChI=1S/C17H23FN4O2S2/c1-19-17(20-11-10-13-4-6-14(18)7-5-13)21-12-15-8-9-16(25-15)26(23,24)22(2)3/h4-9H,10-12H2,1-3H3,(H2,19,20,21). The molecule has 0 bridgehead atoms. The number of thiophene rings is 1. The summed E-state index contributed by atoms with van der Waals surface area (Å²) in [7, 11) is 1.30. The number of rotatable bonds is 7. The van der Waals surface area contributed by atoms with Gasteiger partial charge in [0.1, 0.15) is 10.0 Å². The number of benzene rings is 1. The first-order valence-electron chi connectivity index (χ1n) is 8.03. The minimum absolute atomic E-state index is 0.245. The van der Waals surface area contributed by atoms with Gasteiger partial charge in [0.25, 0.3) is 10.0 Å². The summed E-state index contributed by atoms with van der Waals surface area (Å²) in [5, 5.41) is 6.34. The Morgan fingerprint density at radius 1 is 1.15 bits per heavy atom. The molecule has 2 rings (SSSR count). The first kappa shape index (κ1) is 20.3. The van der Waals surface area contributed by atoms with Crippen LogP contribution in [-0.2, 0) is 23.0 Å². The van der Waals surface area contributed by atoms with E-state index in [-0.39, 0.29) is 5.82 Å². The third kappa shape index (κ3) is 5.52. The van der Waals surface area contributed by atoms with Crippen molar-refractivity contribution in [3.63, 3.8) is 0 Å². The van der Waals surface area contributed by atoms with E-state index >= 15 is 0 Å². The van der Waals surface area contributed by atoms with E-state index in [2.05, 4.69) is 15.6 Å². The highest BCUT2D eigenvalue weighted by Gasteiger charge is 2.19. The molecule has 0 saturated carbocycles. The monoisotopic (exact) mass is 398 g/mol. The lowest BCUT2D eigenvalue weighted by atomic mass is 10.1. The maximum atomic E-state index is 12.9. The number of sulfonamides is 1. The van der Waals surface area contributed by atoms with Gasteiger partial charge in [-0.2, -0.15) is 0 Å². The van der Waals surface area contributed by atoms with E-state index in [9.17, 15) is 12.8 Å². The van der Waals surface area contributed by atoms with E-state index in [4.69, 9.17) is 0 Å². The molecule has 0 amide bonds. The Kier molecular flexibility index (Phi) is 7.13. The normalized spacial score (nSPS) is 12.4. The average molecular weight is 399 g/mol. The maximum absolute atomic E-state index is 12.9. The van der Waals surface area contributed by atoms with Crippen molar-refractivity contribution in [2.75, 3.05) is 27.7 Å². The van der Waals surface area contributed by atoms with E-state index in [1.165, 1.54) is 41.9 Å². The van der Waals surface area contributed by atoms with E-state index in [0.717, 1.165) is 16.9 Å². The minimum Gasteiger partial charge on any atom is -0.356 e. The van der Waals surface area contributed by atoms with Gasteiger partial charge in [-0.3, -0.25) is 4.99 Å². The number of halogens is 1. The highest BCUT2D eigenvalue weighted by atomic mass is 32.2.